The summed E-state index contributed by atoms with van der Waals surface area (Å²) >= 11 is 3.34. The normalized spacial score (nSPS) is 10.6. The lowest BCUT2D eigenvalue weighted by molar-refractivity contribution is 0.102. The number of hydrogen-bond acceptors (Lipinski definition) is 4. The molecule has 0 saturated heterocycles. The van der Waals surface area contributed by atoms with Gasteiger partial charge in [-0.1, -0.05) is 29.8 Å². The molecule has 1 aromatic heterocycles. The Kier molecular flexibility index (Phi) is 4.34. The fraction of sp³-hybridized carbons (Fsp3) is 0.214. The number of benzene rings is 1. The molecule has 1 heterocycles. The van der Waals surface area contributed by atoms with Crippen LogP contribution in [0.2, 0.25) is 0 Å². The summed E-state index contributed by atoms with van der Waals surface area (Å²) in [6, 6.07) is 7.28. The van der Waals surface area contributed by atoms with Gasteiger partial charge in [0.2, 0.25) is 0 Å². The SMILES string of the molecule is CC(C)c1ncc(N)c(C(=O)Nc2ccc(Br)cc2)n1. The average molecular weight is 335 g/mol. The molecule has 1 amide bonds. The van der Waals surface area contributed by atoms with Gasteiger partial charge in [0.05, 0.1) is 11.9 Å². The second-order valence-corrected chi connectivity index (χ2v) is 5.56. The Bertz CT molecular complexity index is 626. The molecule has 0 aliphatic heterocycles. The summed E-state index contributed by atoms with van der Waals surface area (Å²) < 4.78 is 0.944. The van der Waals surface area contributed by atoms with E-state index in [1.165, 1.54) is 6.20 Å². The summed E-state index contributed by atoms with van der Waals surface area (Å²) in [4.78, 5) is 20.5. The highest BCUT2D eigenvalue weighted by atomic mass is 79.9. The van der Waals surface area contributed by atoms with Crippen LogP contribution in [0.25, 0.3) is 0 Å². The summed E-state index contributed by atoms with van der Waals surface area (Å²) in [5, 5.41) is 2.76. The number of hydrogen-bond donors (Lipinski definition) is 2. The van der Waals surface area contributed by atoms with Gasteiger partial charge >= 0.3 is 0 Å². The molecule has 0 aliphatic rings. The Balaban J connectivity index is 2.24. The van der Waals surface area contributed by atoms with E-state index >= 15 is 0 Å². The van der Waals surface area contributed by atoms with Crippen LogP contribution in [0.3, 0.4) is 0 Å². The molecular formula is C14H15BrN4O. The Morgan fingerprint density at radius 1 is 1.30 bits per heavy atom. The molecule has 0 saturated carbocycles. The molecule has 20 heavy (non-hydrogen) atoms. The van der Waals surface area contributed by atoms with E-state index in [0.29, 0.717) is 11.5 Å². The largest absolute Gasteiger partial charge is 0.396 e. The molecule has 104 valence electrons. The molecule has 2 aromatic rings. The molecule has 6 heteroatoms. The van der Waals surface area contributed by atoms with Crippen molar-refractivity contribution in [3.05, 3.63) is 46.5 Å². The summed E-state index contributed by atoms with van der Waals surface area (Å²) in [6.07, 6.45) is 1.47. The summed E-state index contributed by atoms with van der Waals surface area (Å²) in [6.45, 7) is 3.92. The van der Waals surface area contributed by atoms with Crippen LogP contribution < -0.4 is 11.1 Å². The van der Waals surface area contributed by atoms with Crippen molar-refractivity contribution in [3.8, 4) is 0 Å². The van der Waals surface area contributed by atoms with Crippen molar-refractivity contribution in [3.63, 3.8) is 0 Å². The number of amides is 1. The van der Waals surface area contributed by atoms with Crippen LogP contribution in [-0.2, 0) is 0 Å². The molecule has 0 fully saturated rings. The number of nitrogen functional groups attached to an aromatic ring is 1. The first-order valence-corrected chi connectivity index (χ1v) is 6.96. The number of nitrogens with two attached hydrogens (primary N) is 1. The van der Waals surface area contributed by atoms with Gasteiger partial charge < -0.3 is 11.1 Å². The third-order valence-corrected chi connectivity index (χ3v) is 3.20. The van der Waals surface area contributed by atoms with E-state index in [9.17, 15) is 4.79 Å². The first-order chi connectivity index (χ1) is 9.47. The maximum Gasteiger partial charge on any atom is 0.276 e. The van der Waals surface area contributed by atoms with Gasteiger partial charge in [0, 0.05) is 16.1 Å². The maximum atomic E-state index is 12.2. The van der Waals surface area contributed by atoms with E-state index in [-0.39, 0.29) is 23.2 Å². The molecule has 0 aliphatic carbocycles. The fourth-order valence-electron chi connectivity index (χ4n) is 1.59. The van der Waals surface area contributed by atoms with Gasteiger partial charge in [-0.05, 0) is 24.3 Å². The monoisotopic (exact) mass is 334 g/mol. The second-order valence-electron chi connectivity index (χ2n) is 4.65. The van der Waals surface area contributed by atoms with Gasteiger partial charge in [0.25, 0.3) is 5.91 Å². The highest BCUT2D eigenvalue weighted by Crippen LogP contribution is 2.17. The summed E-state index contributed by atoms with van der Waals surface area (Å²) in [5.74, 6) is 0.393. The molecule has 3 N–H and O–H groups in total. The number of aromatic nitrogens is 2. The highest BCUT2D eigenvalue weighted by Gasteiger charge is 2.15. The van der Waals surface area contributed by atoms with Crippen LogP contribution in [0.4, 0.5) is 11.4 Å². The zero-order chi connectivity index (χ0) is 14.7. The number of halogens is 1. The van der Waals surface area contributed by atoms with E-state index in [1.807, 2.05) is 26.0 Å². The third kappa shape index (κ3) is 3.33. The molecule has 0 bridgehead atoms. The number of carbonyl (C=O) groups excluding carboxylic acids is 1. The number of nitrogens with zero attached hydrogens (tertiary/aromatic N) is 2. The minimum Gasteiger partial charge on any atom is -0.396 e. The van der Waals surface area contributed by atoms with Gasteiger partial charge in [-0.2, -0.15) is 0 Å². The molecule has 5 nitrogen and oxygen atoms in total. The van der Waals surface area contributed by atoms with Gasteiger partial charge in [0.1, 0.15) is 5.82 Å². The predicted octanol–water partition coefficient (Wildman–Crippen LogP) is 3.20. The van der Waals surface area contributed by atoms with Gasteiger partial charge in [-0.25, -0.2) is 9.97 Å². The number of rotatable bonds is 3. The van der Waals surface area contributed by atoms with Crippen LogP contribution >= 0.6 is 15.9 Å². The van der Waals surface area contributed by atoms with Crippen molar-refractivity contribution in [2.75, 3.05) is 11.1 Å². The summed E-state index contributed by atoms with van der Waals surface area (Å²) in [7, 11) is 0. The Morgan fingerprint density at radius 2 is 1.95 bits per heavy atom. The van der Waals surface area contributed by atoms with E-state index in [2.05, 4.69) is 31.2 Å². The number of carbonyl (C=O) groups is 1. The Labute approximate surface area is 125 Å². The van der Waals surface area contributed by atoms with Crippen molar-refractivity contribution in [2.45, 2.75) is 19.8 Å². The quantitative estimate of drug-likeness (QED) is 0.903. The molecule has 0 unspecified atom stereocenters. The lowest BCUT2D eigenvalue weighted by Crippen LogP contribution is -2.17. The Hall–Kier alpha value is -1.95. The first-order valence-electron chi connectivity index (χ1n) is 6.16. The maximum absolute atomic E-state index is 12.2. The van der Waals surface area contributed by atoms with Crippen LogP contribution in [0.1, 0.15) is 36.1 Å². The van der Waals surface area contributed by atoms with Crippen LogP contribution in [0.5, 0.6) is 0 Å². The molecule has 0 spiro atoms. The van der Waals surface area contributed by atoms with E-state index in [1.54, 1.807) is 12.1 Å². The zero-order valence-corrected chi connectivity index (χ0v) is 12.8. The minimum atomic E-state index is -0.339. The standard InChI is InChI=1S/C14H15BrN4O/c1-8(2)13-17-7-11(16)12(19-13)14(20)18-10-5-3-9(15)4-6-10/h3-8H,16H2,1-2H3,(H,18,20). The topological polar surface area (TPSA) is 80.9 Å². The van der Waals surface area contributed by atoms with Crippen molar-refractivity contribution < 1.29 is 4.79 Å². The molecule has 0 radical (unpaired) electrons. The average Bonchev–Trinajstić information content (AvgIpc) is 2.41. The molecular weight excluding hydrogens is 320 g/mol. The van der Waals surface area contributed by atoms with Crippen molar-refractivity contribution in [2.24, 2.45) is 0 Å². The first kappa shape index (κ1) is 14.5. The van der Waals surface area contributed by atoms with Crippen LogP contribution in [0, 0.1) is 0 Å². The highest BCUT2D eigenvalue weighted by molar-refractivity contribution is 9.10. The minimum absolute atomic E-state index is 0.134. The number of anilines is 2. The summed E-state index contributed by atoms with van der Waals surface area (Å²) in [5.41, 5.74) is 6.93. The van der Waals surface area contributed by atoms with Gasteiger partial charge in [0.15, 0.2) is 5.69 Å². The predicted molar refractivity (Wildman–Crippen MR) is 82.6 cm³/mol. The smallest absolute Gasteiger partial charge is 0.276 e. The lowest BCUT2D eigenvalue weighted by atomic mass is 10.2. The van der Waals surface area contributed by atoms with E-state index in [4.69, 9.17) is 5.73 Å². The molecule has 0 atom stereocenters. The van der Waals surface area contributed by atoms with Crippen LogP contribution in [-0.4, -0.2) is 15.9 Å². The third-order valence-electron chi connectivity index (χ3n) is 2.67. The molecule has 1 aromatic carbocycles. The second kappa shape index (κ2) is 6.00. The van der Waals surface area contributed by atoms with Crippen molar-refractivity contribution in [1.29, 1.82) is 0 Å². The van der Waals surface area contributed by atoms with Crippen molar-refractivity contribution >= 4 is 33.2 Å². The van der Waals surface area contributed by atoms with Crippen LogP contribution in [0.15, 0.2) is 34.9 Å². The molecule has 2 rings (SSSR count). The number of nitrogens with one attached hydrogen (secondary N) is 1. The Morgan fingerprint density at radius 3 is 2.55 bits per heavy atom. The van der Waals surface area contributed by atoms with E-state index < -0.39 is 0 Å². The van der Waals surface area contributed by atoms with Crippen molar-refractivity contribution in [1.82, 2.24) is 9.97 Å². The van der Waals surface area contributed by atoms with E-state index in [0.717, 1.165) is 4.47 Å². The fourth-order valence-corrected chi connectivity index (χ4v) is 1.85. The zero-order valence-electron chi connectivity index (χ0n) is 11.2. The lowest BCUT2D eigenvalue weighted by Gasteiger charge is -2.09. The van der Waals surface area contributed by atoms with Gasteiger partial charge in [-0.3, -0.25) is 4.79 Å². The van der Waals surface area contributed by atoms with Gasteiger partial charge in [-0.15, -0.1) is 0 Å².